The maximum atomic E-state index is 8.94. The highest BCUT2D eigenvalue weighted by Crippen LogP contribution is 2.42. The van der Waals surface area contributed by atoms with Crippen LogP contribution in [-0.2, 0) is 0 Å². The van der Waals surface area contributed by atoms with Crippen molar-refractivity contribution in [1.82, 2.24) is 4.90 Å². The van der Waals surface area contributed by atoms with E-state index in [0.29, 0.717) is 5.92 Å². The van der Waals surface area contributed by atoms with Crippen molar-refractivity contribution in [3.05, 3.63) is 23.8 Å². The van der Waals surface area contributed by atoms with Crippen molar-refractivity contribution in [2.45, 2.75) is 31.3 Å². The molecular weight excluding hydrogens is 240 g/mol. The molecule has 3 rings (SSSR count). The van der Waals surface area contributed by atoms with Crippen molar-refractivity contribution in [1.29, 1.82) is 0 Å². The first-order chi connectivity index (χ1) is 9.24. The second kappa shape index (κ2) is 5.39. The van der Waals surface area contributed by atoms with Crippen molar-refractivity contribution in [2.24, 2.45) is 0 Å². The van der Waals surface area contributed by atoms with E-state index in [9.17, 15) is 0 Å². The summed E-state index contributed by atoms with van der Waals surface area (Å²) in [7, 11) is 0. The third-order valence-corrected chi connectivity index (χ3v) is 3.95. The lowest BCUT2D eigenvalue weighted by Crippen LogP contribution is -2.27. The molecule has 1 aromatic carbocycles. The molecule has 1 saturated heterocycles. The molecule has 1 aliphatic carbocycles. The fourth-order valence-electron chi connectivity index (χ4n) is 2.80. The highest BCUT2D eigenvalue weighted by Gasteiger charge is 2.26. The van der Waals surface area contributed by atoms with E-state index in [2.05, 4.69) is 17.0 Å². The van der Waals surface area contributed by atoms with Gasteiger partial charge in [0.15, 0.2) is 0 Å². The van der Waals surface area contributed by atoms with Crippen LogP contribution in [0.3, 0.4) is 0 Å². The third-order valence-electron chi connectivity index (χ3n) is 3.95. The number of nitrogen functional groups attached to an aromatic ring is 1. The molecule has 1 aromatic rings. The lowest BCUT2D eigenvalue weighted by atomic mass is 10.1. The number of nitrogens with zero attached hydrogens (tertiary/aromatic N) is 1. The molecule has 4 nitrogen and oxygen atoms in total. The SMILES string of the molecule is Nc1cc(O[C@@H]2CCN(CCO)C2)cc(C2CC2)c1. The summed E-state index contributed by atoms with van der Waals surface area (Å²) < 4.78 is 6.05. The van der Waals surface area contributed by atoms with E-state index < -0.39 is 0 Å². The molecule has 0 radical (unpaired) electrons. The van der Waals surface area contributed by atoms with Gasteiger partial charge in [-0.2, -0.15) is 0 Å². The summed E-state index contributed by atoms with van der Waals surface area (Å²) in [5.41, 5.74) is 8.07. The molecule has 1 aliphatic heterocycles. The molecule has 4 heteroatoms. The van der Waals surface area contributed by atoms with E-state index >= 15 is 0 Å². The standard InChI is InChI=1S/C15H22N2O2/c16-13-7-12(11-1-2-11)8-15(9-13)19-14-3-4-17(10-14)5-6-18/h7-9,11,14,18H,1-6,10,16H2/t14-/m1/s1. The van der Waals surface area contributed by atoms with Gasteiger partial charge in [0, 0.05) is 31.4 Å². The van der Waals surface area contributed by atoms with Crippen LogP contribution in [0.5, 0.6) is 5.75 Å². The van der Waals surface area contributed by atoms with Crippen LogP contribution < -0.4 is 10.5 Å². The average Bonchev–Trinajstić information content (AvgIpc) is 3.13. The van der Waals surface area contributed by atoms with Crippen LogP contribution in [0.2, 0.25) is 0 Å². The van der Waals surface area contributed by atoms with Gasteiger partial charge in [0.25, 0.3) is 0 Å². The van der Waals surface area contributed by atoms with Gasteiger partial charge < -0.3 is 15.6 Å². The summed E-state index contributed by atoms with van der Waals surface area (Å²) in [5, 5.41) is 8.94. The summed E-state index contributed by atoms with van der Waals surface area (Å²) in [6, 6.07) is 6.13. The molecule has 0 aromatic heterocycles. The Balaban J connectivity index is 1.63. The first kappa shape index (κ1) is 12.8. The summed E-state index contributed by atoms with van der Waals surface area (Å²) >= 11 is 0. The number of ether oxygens (including phenoxy) is 1. The van der Waals surface area contributed by atoms with Crippen molar-refractivity contribution < 1.29 is 9.84 Å². The van der Waals surface area contributed by atoms with Gasteiger partial charge in [0.1, 0.15) is 11.9 Å². The normalized spacial score (nSPS) is 23.7. The topological polar surface area (TPSA) is 58.7 Å². The Kier molecular flexibility index (Phi) is 3.62. The molecule has 0 amide bonds. The summed E-state index contributed by atoms with van der Waals surface area (Å²) in [6.07, 6.45) is 3.79. The van der Waals surface area contributed by atoms with Gasteiger partial charge in [0.2, 0.25) is 0 Å². The highest BCUT2D eigenvalue weighted by atomic mass is 16.5. The Bertz CT molecular complexity index is 446. The second-order valence-corrected chi connectivity index (χ2v) is 5.66. The number of nitrogens with two attached hydrogens (primary N) is 1. The monoisotopic (exact) mass is 262 g/mol. The van der Waals surface area contributed by atoms with Crippen molar-refractivity contribution in [3.63, 3.8) is 0 Å². The Morgan fingerprint density at radius 1 is 1.26 bits per heavy atom. The number of aliphatic hydroxyl groups excluding tert-OH is 1. The quantitative estimate of drug-likeness (QED) is 0.791. The number of likely N-dealkylation sites (tertiary alicyclic amines) is 1. The smallest absolute Gasteiger partial charge is 0.122 e. The van der Waals surface area contributed by atoms with Gasteiger partial charge >= 0.3 is 0 Å². The molecule has 2 fully saturated rings. The molecule has 104 valence electrons. The van der Waals surface area contributed by atoms with Crippen LogP contribution in [0.1, 0.15) is 30.7 Å². The zero-order chi connectivity index (χ0) is 13.2. The van der Waals surface area contributed by atoms with Crippen LogP contribution in [0.25, 0.3) is 0 Å². The highest BCUT2D eigenvalue weighted by molar-refractivity contribution is 5.49. The number of benzene rings is 1. The molecular formula is C15H22N2O2. The van der Waals surface area contributed by atoms with Crippen molar-refractivity contribution in [3.8, 4) is 5.75 Å². The number of aliphatic hydroxyl groups is 1. The minimum Gasteiger partial charge on any atom is -0.489 e. The van der Waals surface area contributed by atoms with E-state index in [1.165, 1.54) is 18.4 Å². The number of hydrogen-bond donors (Lipinski definition) is 2. The molecule has 0 spiro atoms. The molecule has 1 heterocycles. The predicted molar refractivity (Wildman–Crippen MR) is 75.4 cm³/mol. The maximum absolute atomic E-state index is 8.94. The molecule has 2 aliphatic rings. The van der Waals surface area contributed by atoms with Gasteiger partial charge in [-0.05, 0) is 42.9 Å². The number of hydrogen-bond acceptors (Lipinski definition) is 4. The van der Waals surface area contributed by atoms with Crippen LogP contribution in [0.4, 0.5) is 5.69 Å². The first-order valence-electron chi connectivity index (χ1n) is 7.15. The fourth-order valence-corrected chi connectivity index (χ4v) is 2.80. The number of rotatable bonds is 5. The summed E-state index contributed by atoms with van der Waals surface area (Å²) in [5.74, 6) is 1.60. The summed E-state index contributed by atoms with van der Waals surface area (Å²) in [6.45, 7) is 2.86. The fraction of sp³-hybridized carbons (Fsp3) is 0.600. The lowest BCUT2D eigenvalue weighted by Gasteiger charge is -2.16. The van der Waals surface area contributed by atoms with Crippen LogP contribution in [0, 0.1) is 0 Å². The van der Waals surface area contributed by atoms with E-state index in [-0.39, 0.29) is 12.7 Å². The Labute approximate surface area is 114 Å². The van der Waals surface area contributed by atoms with Gasteiger partial charge in [-0.1, -0.05) is 0 Å². The number of β-amino-alcohol motifs (C(OH)–C–C–N with tert-alkyl or cyclic N) is 1. The zero-order valence-electron chi connectivity index (χ0n) is 11.2. The Morgan fingerprint density at radius 3 is 2.84 bits per heavy atom. The van der Waals surface area contributed by atoms with E-state index in [1.807, 2.05) is 6.07 Å². The van der Waals surface area contributed by atoms with Crippen molar-refractivity contribution >= 4 is 5.69 Å². The molecule has 0 bridgehead atoms. The molecule has 1 atom stereocenters. The first-order valence-corrected chi connectivity index (χ1v) is 7.15. The van der Waals surface area contributed by atoms with E-state index in [4.69, 9.17) is 15.6 Å². The van der Waals surface area contributed by atoms with Crippen molar-refractivity contribution in [2.75, 3.05) is 32.0 Å². The Morgan fingerprint density at radius 2 is 2.11 bits per heavy atom. The maximum Gasteiger partial charge on any atom is 0.122 e. The van der Waals surface area contributed by atoms with Gasteiger partial charge in [0.05, 0.1) is 6.61 Å². The van der Waals surface area contributed by atoms with Gasteiger partial charge in [-0.15, -0.1) is 0 Å². The molecule has 0 unspecified atom stereocenters. The van der Waals surface area contributed by atoms with E-state index in [0.717, 1.165) is 37.5 Å². The zero-order valence-corrected chi connectivity index (χ0v) is 11.2. The lowest BCUT2D eigenvalue weighted by molar-refractivity contribution is 0.181. The predicted octanol–water partition coefficient (Wildman–Crippen LogP) is 1.59. The van der Waals surface area contributed by atoms with E-state index in [1.54, 1.807) is 0 Å². The van der Waals surface area contributed by atoms with Crippen LogP contribution in [0.15, 0.2) is 18.2 Å². The Hall–Kier alpha value is -1.26. The largest absolute Gasteiger partial charge is 0.489 e. The van der Waals surface area contributed by atoms with Crippen LogP contribution in [-0.4, -0.2) is 42.4 Å². The van der Waals surface area contributed by atoms with Crippen LogP contribution >= 0.6 is 0 Å². The molecule has 3 N–H and O–H groups in total. The third kappa shape index (κ3) is 3.19. The minimum atomic E-state index is 0.219. The molecule has 19 heavy (non-hydrogen) atoms. The van der Waals surface area contributed by atoms with Gasteiger partial charge in [-0.3, -0.25) is 4.90 Å². The van der Waals surface area contributed by atoms with Gasteiger partial charge in [-0.25, -0.2) is 0 Å². The second-order valence-electron chi connectivity index (χ2n) is 5.66. The molecule has 1 saturated carbocycles. The average molecular weight is 262 g/mol. The minimum absolute atomic E-state index is 0.219. The summed E-state index contributed by atoms with van der Waals surface area (Å²) in [4.78, 5) is 2.23. The number of anilines is 1.